The van der Waals surface area contributed by atoms with Gasteiger partial charge in [-0.25, -0.2) is 19.9 Å². The fourth-order valence-corrected chi connectivity index (χ4v) is 3.85. The van der Waals surface area contributed by atoms with E-state index in [4.69, 9.17) is 28.2 Å². The number of nitrogens with zero attached hydrogens (tertiary/aromatic N) is 4. The van der Waals surface area contributed by atoms with Gasteiger partial charge in [-0.3, -0.25) is 0 Å². The molecule has 3 aromatic heterocycles. The van der Waals surface area contributed by atoms with Crippen molar-refractivity contribution in [3.63, 3.8) is 0 Å². The molecule has 7 nitrogen and oxygen atoms in total. The Morgan fingerprint density at radius 2 is 1.71 bits per heavy atom. The average Bonchev–Trinajstić information content (AvgIpc) is 3.26. The van der Waals surface area contributed by atoms with Crippen LogP contribution in [0.3, 0.4) is 0 Å². The van der Waals surface area contributed by atoms with Crippen LogP contribution >= 0.6 is 23.2 Å². The number of para-hydroxylation sites is 1. The van der Waals surface area contributed by atoms with E-state index in [1.807, 2.05) is 36.4 Å². The van der Waals surface area contributed by atoms with Crippen LogP contribution in [-0.2, 0) is 0 Å². The Morgan fingerprint density at radius 1 is 0.871 bits per heavy atom. The molecule has 9 heteroatoms. The minimum absolute atomic E-state index is 0.508. The number of imidazole rings is 1. The Hall–Kier alpha value is -3.42. The van der Waals surface area contributed by atoms with E-state index in [-0.39, 0.29) is 0 Å². The van der Waals surface area contributed by atoms with Gasteiger partial charge >= 0.3 is 0 Å². The van der Waals surface area contributed by atoms with Gasteiger partial charge < -0.3 is 15.6 Å². The molecule has 0 saturated carbocycles. The lowest BCUT2D eigenvalue weighted by Crippen LogP contribution is -2.15. The zero-order chi connectivity index (χ0) is 21.2. The van der Waals surface area contributed by atoms with Crippen LogP contribution in [0.25, 0.3) is 33.3 Å². The number of nitrogens with one attached hydrogen (secondary N) is 3. The van der Waals surface area contributed by atoms with Gasteiger partial charge in [-0.1, -0.05) is 35.3 Å². The first-order chi connectivity index (χ1) is 15.2. The molecular weight excluding hydrogens is 433 g/mol. The van der Waals surface area contributed by atoms with Crippen LogP contribution < -0.4 is 10.6 Å². The van der Waals surface area contributed by atoms with Gasteiger partial charge in [0.05, 0.1) is 22.4 Å². The van der Waals surface area contributed by atoms with Crippen molar-refractivity contribution >= 4 is 56.8 Å². The molecule has 0 aliphatic carbocycles. The van der Waals surface area contributed by atoms with E-state index in [9.17, 15) is 0 Å². The van der Waals surface area contributed by atoms with Gasteiger partial charge in [-0.2, -0.15) is 0 Å². The summed E-state index contributed by atoms with van der Waals surface area (Å²) >= 11 is 12.4. The number of anilines is 2. The number of hydrogen-bond donors (Lipinski definition) is 3. The zero-order valence-electron chi connectivity index (χ0n) is 16.2. The molecule has 0 saturated heterocycles. The highest BCUT2D eigenvalue weighted by atomic mass is 35.5. The first kappa shape index (κ1) is 19.5. The number of fused-ring (bicyclic) bond motifs is 2. The second-order valence-corrected chi connectivity index (χ2v) is 7.69. The second-order valence-electron chi connectivity index (χ2n) is 6.85. The molecule has 5 rings (SSSR count). The predicted octanol–water partition coefficient (Wildman–Crippen LogP) is 5.40. The van der Waals surface area contributed by atoms with Crippen molar-refractivity contribution in [1.29, 1.82) is 0 Å². The lowest BCUT2D eigenvalue weighted by atomic mass is 10.2. The van der Waals surface area contributed by atoms with Gasteiger partial charge in [0.2, 0.25) is 0 Å². The van der Waals surface area contributed by atoms with Crippen LogP contribution in [0.2, 0.25) is 10.0 Å². The van der Waals surface area contributed by atoms with Crippen molar-refractivity contribution in [1.82, 2.24) is 24.9 Å². The molecule has 0 unspecified atom stereocenters. The third-order valence-electron chi connectivity index (χ3n) is 4.82. The summed E-state index contributed by atoms with van der Waals surface area (Å²) in [7, 11) is 0. The topological polar surface area (TPSA) is 91.4 Å². The molecular formula is C22H17Cl2N7. The maximum Gasteiger partial charge on any atom is 0.163 e. The number of halogens is 2. The lowest BCUT2D eigenvalue weighted by molar-refractivity contribution is 1.05. The average molecular weight is 450 g/mol. The van der Waals surface area contributed by atoms with Crippen molar-refractivity contribution in [2.45, 2.75) is 0 Å². The van der Waals surface area contributed by atoms with E-state index < -0.39 is 0 Å². The molecule has 0 spiro atoms. The number of rotatable bonds is 6. The first-order valence-electron chi connectivity index (χ1n) is 9.67. The highest BCUT2D eigenvalue weighted by molar-refractivity contribution is 6.36. The molecule has 154 valence electrons. The Morgan fingerprint density at radius 3 is 2.58 bits per heavy atom. The second kappa shape index (κ2) is 8.37. The van der Waals surface area contributed by atoms with Gasteiger partial charge in [0.1, 0.15) is 11.3 Å². The van der Waals surface area contributed by atoms with Crippen LogP contribution in [0.1, 0.15) is 0 Å². The zero-order valence-corrected chi connectivity index (χ0v) is 17.7. The molecule has 5 aromatic rings. The fraction of sp³-hybridized carbons (Fsp3) is 0.0909. The van der Waals surface area contributed by atoms with Crippen molar-refractivity contribution < 1.29 is 0 Å². The summed E-state index contributed by atoms with van der Waals surface area (Å²) < 4.78 is 0. The predicted molar refractivity (Wildman–Crippen MR) is 126 cm³/mol. The van der Waals surface area contributed by atoms with Crippen LogP contribution in [0.5, 0.6) is 0 Å². The molecule has 0 bridgehead atoms. The molecule has 0 radical (unpaired) electrons. The van der Waals surface area contributed by atoms with Crippen molar-refractivity contribution in [2.75, 3.05) is 23.7 Å². The minimum atomic E-state index is 0.508. The molecule has 0 aliphatic rings. The number of pyridine rings is 1. The Kier molecular flexibility index (Phi) is 5.28. The number of benzene rings is 2. The molecule has 0 aliphatic heterocycles. The SMILES string of the molecule is Clc1ccc(-c2nc(NCCNc3nccc4[nH]cnc34)c3ccccc3n2)c(Cl)c1. The molecule has 31 heavy (non-hydrogen) atoms. The van der Waals surface area contributed by atoms with Gasteiger partial charge in [-0.15, -0.1) is 0 Å². The molecule has 0 atom stereocenters. The third kappa shape index (κ3) is 3.97. The van der Waals surface area contributed by atoms with E-state index in [0.717, 1.165) is 39.1 Å². The summed E-state index contributed by atoms with van der Waals surface area (Å²) in [5, 5.41) is 8.73. The van der Waals surface area contributed by atoms with Crippen molar-refractivity contribution in [2.24, 2.45) is 0 Å². The van der Waals surface area contributed by atoms with Gasteiger partial charge in [0.15, 0.2) is 11.6 Å². The molecule has 0 amide bonds. The maximum atomic E-state index is 6.39. The number of H-pyrrole nitrogens is 1. The monoisotopic (exact) mass is 449 g/mol. The van der Waals surface area contributed by atoms with Crippen LogP contribution in [0, 0.1) is 0 Å². The van der Waals surface area contributed by atoms with Crippen molar-refractivity contribution in [3.8, 4) is 11.4 Å². The van der Waals surface area contributed by atoms with E-state index in [1.165, 1.54) is 0 Å². The quantitative estimate of drug-likeness (QED) is 0.300. The highest BCUT2D eigenvalue weighted by Gasteiger charge is 2.12. The Bertz CT molecular complexity index is 1380. The largest absolute Gasteiger partial charge is 0.368 e. The fourth-order valence-electron chi connectivity index (χ4n) is 3.36. The minimum Gasteiger partial charge on any atom is -0.368 e. The maximum absolute atomic E-state index is 6.39. The molecule has 2 aromatic carbocycles. The van der Waals surface area contributed by atoms with E-state index in [1.54, 1.807) is 24.7 Å². The summed E-state index contributed by atoms with van der Waals surface area (Å²) in [6.07, 6.45) is 3.41. The van der Waals surface area contributed by atoms with Gasteiger partial charge in [-0.05, 0) is 36.4 Å². The molecule has 3 N–H and O–H groups in total. The van der Waals surface area contributed by atoms with Crippen LogP contribution in [0.4, 0.5) is 11.6 Å². The number of aromatic amines is 1. The first-order valence-corrected chi connectivity index (χ1v) is 10.4. The van der Waals surface area contributed by atoms with E-state index in [2.05, 4.69) is 30.6 Å². The smallest absolute Gasteiger partial charge is 0.163 e. The highest BCUT2D eigenvalue weighted by Crippen LogP contribution is 2.31. The van der Waals surface area contributed by atoms with E-state index >= 15 is 0 Å². The summed E-state index contributed by atoms with van der Waals surface area (Å²) in [6.45, 7) is 1.26. The van der Waals surface area contributed by atoms with Gasteiger partial charge in [0, 0.05) is 35.3 Å². The summed E-state index contributed by atoms with van der Waals surface area (Å²) in [5.41, 5.74) is 3.32. The van der Waals surface area contributed by atoms with E-state index in [0.29, 0.717) is 29.0 Å². The number of hydrogen-bond acceptors (Lipinski definition) is 6. The lowest BCUT2D eigenvalue weighted by Gasteiger charge is -2.12. The summed E-state index contributed by atoms with van der Waals surface area (Å²) in [5.74, 6) is 2.01. The van der Waals surface area contributed by atoms with Crippen molar-refractivity contribution in [3.05, 3.63) is 71.1 Å². The Balaban J connectivity index is 1.39. The van der Waals surface area contributed by atoms with Crippen LogP contribution in [0.15, 0.2) is 61.1 Å². The standard InChI is InChI=1S/C22H17Cl2N7/c23-13-5-6-14(16(24)11-13)21-30-17-4-2-1-3-15(17)20(31-21)26-9-10-27-22-19-18(7-8-25-22)28-12-29-19/h1-8,11-12H,9-10H2,(H,25,27)(H,28,29)(H,26,30,31). The third-order valence-corrected chi connectivity index (χ3v) is 5.37. The molecule has 0 fully saturated rings. The summed E-state index contributed by atoms with van der Waals surface area (Å²) in [6, 6.07) is 15.0. The van der Waals surface area contributed by atoms with Crippen LogP contribution in [-0.4, -0.2) is 38.0 Å². The Labute approximate surface area is 187 Å². The normalized spacial score (nSPS) is 11.2. The van der Waals surface area contributed by atoms with Gasteiger partial charge in [0.25, 0.3) is 0 Å². The molecule has 3 heterocycles. The number of aromatic nitrogens is 5. The summed E-state index contributed by atoms with van der Waals surface area (Å²) in [4.78, 5) is 21.2.